The van der Waals surface area contributed by atoms with E-state index in [2.05, 4.69) is 31.1 Å². The van der Waals surface area contributed by atoms with E-state index in [1.807, 2.05) is 6.07 Å². The molecular weight excluding hydrogens is 238 g/mol. The predicted molar refractivity (Wildman–Crippen MR) is 79.4 cm³/mol. The quantitative estimate of drug-likeness (QED) is 0.773. The number of carbonyl (C=O) groups excluding carboxylic acids is 1. The first-order valence-corrected chi connectivity index (χ1v) is 6.60. The molecule has 1 aromatic heterocycles. The number of pyridine rings is 1. The number of hydrogen-bond acceptors (Lipinski definition) is 3. The average molecular weight is 261 g/mol. The van der Waals surface area contributed by atoms with Crippen molar-refractivity contribution >= 4 is 17.8 Å². The lowest BCUT2D eigenvalue weighted by molar-refractivity contribution is -0.116. The van der Waals surface area contributed by atoms with Crippen molar-refractivity contribution in [1.29, 1.82) is 0 Å². The summed E-state index contributed by atoms with van der Waals surface area (Å²) in [6.45, 7) is 7.15. The SMILES string of the molecule is CCCC(C)(C)CNC(=O)C=Cc1ccc(N)nc1. The Hall–Kier alpha value is -1.84. The molecule has 0 spiro atoms. The first kappa shape index (κ1) is 15.2. The van der Waals surface area contributed by atoms with Gasteiger partial charge in [0.2, 0.25) is 5.91 Å². The Balaban J connectivity index is 2.45. The van der Waals surface area contributed by atoms with Gasteiger partial charge in [0.05, 0.1) is 0 Å². The van der Waals surface area contributed by atoms with Crippen LogP contribution in [0.5, 0.6) is 0 Å². The second-order valence-electron chi connectivity index (χ2n) is 5.48. The molecule has 0 aliphatic rings. The predicted octanol–water partition coefficient (Wildman–Crippen LogP) is 2.62. The summed E-state index contributed by atoms with van der Waals surface area (Å²) in [4.78, 5) is 15.7. The summed E-state index contributed by atoms with van der Waals surface area (Å²) in [5, 5.41) is 2.92. The van der Waals surface area contributed by atoms with Crippen LogP contribution >= 0.6 is 0 Å². The molecule has 0 aliphatic heterocycles. The molecule has 4 nitrogen and oxygen atoms in total. The van der Waals surface area contributed by atoms with Gasteiger partial charge in [-0.3, -0.25) is 4.79 Å². The van der Waals surface area contributed by atoms with Gasteiger partial charge in [0.25, 0.3) is 0 Å². The Morgan fingerprint density at radius 1 is 1.47 bits per heavy atom. The third-order valence-electron chi connectivity index (χ3n) is 2.90. The minimum Gasteiger partial charge on any atom is -0.384 e. The van der Waals surface area contributed by atoms with Crippen molar-refractivity contribution in [3.63, 3.8) is 0 Å². The van der Waals surface area contributed by atoms with E-state index < -0.39 is 0 Å². The van der Waals surface area contributed by atoms with Crippen LogP contribution in [0.15, 0.2) is 24.4 Å². The van der Waals surface area contributed by atoms with Crippen molar-refractivity contribution in [3.8, 4) is 0 Å². The van der Waals surface area contributed by atoms with Crippen LogP contribution in [0.3, 0.4) is 0 Å². The Kier molecular flexibility index (Phi) is 5.55. The standard InChI is InChI=1S/C15H23N3O/c1-4-9-15(2,3)11-18-14(19)8-6-12-5-7-13(16)17-10-12/h5-8,10H,4,9,11H2,1-3H3,(H2,16,17)(H,18,19). The maximum absolute atomic E-state index is 11.7. The van der Waals surface area contributed by atoms with Crippen molar-refractivity contribution < 1.29 is 4.79 Å². The summed E-state index contributed by atoms with van der Waals surface area (Å²) in [5.74, 6) is 0.393. The topological polar surface area (TPSA) is 68.0 Å². The van der Waals surface area contributed by atoms with Gasteiger partial charge in [0.1, 0.15) is 5.82 Å². The van der Waals surface area contributed by atoms with Gasteiger partial charge in [-0.2, -0.15) is 0 Å². The van der Waals surface area contributed by atoms with Crippen molar-refractivity contribution in [2.45, 2.75) is 33.6 Å². The fourth-order valence-electron chi connectivity index (χ4n) is 1.84. The van der Waals surface area contributed by atoms with Gasteiger partial charge in [0, 0.05) is 18.8 Å². The molecule has 0 unspecified atom stereocenters. The van der Waals surface area contributed by atoms with Crippen LogP contribution in [0.4, 0.5) is 5.82 Å². The van der Waals surface area contributed by atoms with E-state index >= 15 is 0 Å². The average Bonchev–Trinajstić information content (AvgIpc) is 2.36. The van der Waals surface area contributed by atoms with Crippen LogP contribution < -0.4 is 11.1 Å². The van der Waals surface area contributed by atoms with Crippen LogP contribution in [0.1, 0.15) is 39.2 Å². The number of aromatic nitrogens is 1. The summed E-state index contributed by atoms with van der Waals surface area (Å²) in [6.07, 6.45) is 7.11. The maximum atomic E-state index is 11.7. The number of hydrogen-bond donors (Lipinski definition) is 2. The lowest BCUT2D eigenvalue weighted by Gasteiger charge is -2.23. The van der Waals surface area contributed by atoms with E-state index in [0.717, 1.165) is 18.4 Å². The van der Waals surface area contributed by atoms with Gasteiger partial charge in [-0.1, -0.05) is 27.2 Å². The van der Waals surface area contributed by atoms with E-state index in [-0.39, 0.29) is 11.3 Å². The Morgan fingerprint density at radius 2 is 2.21 bits per heavy atom. The molecular formula is C15H23N3O. The lowest BCUT2D eigenvalue weighted by atomic mass is 9.88. The fourth-order valence-corrected chi connectivity index (χ4v) is 1.84. The zero-order valence-electron chi connectivity index (χ0n) is 11.9. The minimum absolute atomic E-state index is 0.0824. The molecule has 0 aliphatic carbocycles. The summed E-state index contributed by atoms with van der Waals surface area (Å²) < 4.78 is 0. The molecule has 0 saturated heterocycles. The summed E-state index contributed by atoms with van der Waals surface area (Å²) >= 11 is 0. The molecule has 0 atom stereocenters. The fraction of sp³-hybridized carbons (Fsp3) is 0.467. The van der Waals surface area contributed by atoms with Gasteiger partial charge in [-0.05, 0) is 35.6 Å². The number of carbonyl (C=O) groups is 1. The zero-order valence-corrected chi connectivity index (χ0v) is 11.9. The summed E-state index contributed by atoms with van der Waals surface area (Å²) in [5.41, 5.74) is 6.49. The largest absolute Gasteiger partial charge is 0.384 e. The van der Waals surface area contributed by atoms with Gasteiger partial charge in [-0.15, -0.1) is 0 Å². The highest BCUT2D eigenvalue weighted by Gasteiger charge is 2.16. The maximum Gasteiger partial charge on any atom is 0.244 e. The number of nitrogen functional groups attached to an aromatic ring is 1. The minimum atomic E-state index is -0.0824. The number of nitrogens with two attached hydrogens (primary N) is 1. The molecule has 104 valence electrons. The molecule has 1 heterocycles. The highest BCUT2D eigenvalue weighted by molar-refractivity contribution is 5.91. The first-order chi connectivity index (χ1) is 8.93. The third-order valence-corrected chi connectivity index (χ3v) is 2.90. The molecule has 1 rings (SSSR count). The summed E-state index contributed by atoms with van der Waals surface area (Å²) in [6, 6.07) is 3.54. The van der Waals surface area contributed by atoms with Crippen LogP contribution in [-0.2, 0) is 4.79 Å². The molecule has 0 bridgehead atoms. The van der Waals surface area contributed by atoms with Gasteiger partial charge in [0.15, 0.2) is 0 Å². The van der Waals surface area contributed by atoms with Gasteiger partial charge < -0.3 is 11.1 Å². The summed E-state index contributed by atoms with van der Waals surface area (Å²) in [7, 11) is 0. The second-order valence-corrected chi connectivity index (χ2v) is 5.48. The van der Waals surface area contributed by atoms with E-state index in [0.29, 0.717) is 12.4 Å². The number of amides is 1. The van der Waals surface area contributed by atoms with Crippen LogP contribution in [0, 0.1) is 5.41 Å². The third kappa shape index (κ3) is 6.04. The number of nitrogens with zero attached hydrogens (tertiary/aromatic N) is 1. The highest BCUT2D eigenvalue weighted by Crippen LogP contribution is 2.20. The van der Waals surface area contributed by atoms with E-state index in [4.69, 9.17) is 5.73 Å². The normalized spacial score (nSPS) is 11.7. The molecule has 0 aromatic carbocycles. The van der Waals surface area contributed by atoms with E-state index in [9.17, 15) is 4.79 Å². The van der Waals surface area contributed by atoms with Crippen molar-refractivity contribution in [3.05, 3.63) is 30.0 Å². The van der Waals surface area contributed by atoms with Crippen molar-refractivity contribution in [1.82, 2.24) is 10.3 Å². The van der Waals surface area contributed by atoms with Crippen molar-refractivity contribution in [2.75, 3.05) is 12.3 Å². The molecule has 3 N–H and O–H groups in total. The molecule has 0 saturated carbocycles. The molecule has 4 heteroatoms. The molecule has 19 heavy (non-hydrogen) atoms. The first-order valence-electron chi connectivity index (χ1n) is 6.60. The van der Waals surface area contributed by atoms with Crippen molar-refractivity contribution in [2.24, 2.45) is 5.41 Å². The molecule has 1 amide bonds. The van der Waals surface area contributed by atoms with Gasteiger partial charge >= 0.3 is 0 Å². The monoisotopic (exact) mass is 261 g/mol. The van der Waals surface area contributed by atoms with Crippen LogP contribution in [0.2, 0.25) is 0 Å². The van der Waals surface area contributed by atoms with E-state index in [1.54, 1.807) is 18.3 Å². The van der Waals surface area contributed by atoms with Gasteiger partial charge in [-0.25, -0.2) is 4.98 Å². The molecule has 0 radical (unpaired) electrons. The number of nitrogens with one attached hydrogen (secondary N) is 1. The number of rotatable bonds is 6. The zero-order chi connectivity index (χ0) is 14.3. The molecule has 1 aromatic rings. The highest BCUT2D eigenvalue weighted by atomic mass is 16.1. The second kappa shape index (κ2) is 6.92. The van der Waals surface area contributed by atoms with E-state index in [1.165, 1.54) is 6.08 Å². The Bertz CT molecular complexity index is 435. The van der Waals surface area contributed by atoms with Crippen LogP contribution in [-0.4, -0.2) is 17.4 Å². The lowest BCUT2D eigenvalue weighted by Crippen LogP contribution is -2.32. The Labute approximate surface area is 115 Å². The number of anilines is 1. The molecule has 0 fully saturated rings. The Morgan fingerprint density at radius 3 is 2.79 bits per heavy atom. The van der Waals surface area contributed by atoms with Crippen LogP contribution in [0.25, 0.3) is 6.08 Å². The smallest absolute Gasteiger partial charge is 0.244 e.